The van der Waals surface area contributed by atoms with Gasteiger partial charge in [-0.1, -0.05) is 21.4 Å². The van der Waals surface area contributed by atoms with Crippen molar-refractivity contribution >= 4 is 0 Å². The zero-order valence-corrected chi connectivity index (χ0v) is 2.23. The number of hydrogen-bond acceptors (Lipinski definition) is 1. The Hall–Kier alpha value is -0.770. The highest BCUT2D eigenvalue weighted by atomic mass is 14.2. The number of hydrogen-bond donors (Lipinski definition) is 0. The first-order valence-electron chi connectivity index (χ1n) is 0.921. The molecule has 0 bridgehead atoms. The summed E-state index contributed by atoms with van der Waals surface area (Å²) in [5.41, 5.74) is 0. The lowest BCUT2D eigenvalue weighted by Gasteiger charge is -1.31. The first-order valence-corrected chi connectivity index (χ1v) is 0.921. The predicted molar refractivity (Wildman–Crippen MR) is 29.3 cm³/mol. The third-order valence-corrected chi connectivity index (χ3v) is 0.0913. The summed E-state index contributed by atoms with van der Waals surface area (Å²) in [6.45, 7) is 3.12. The van der Waals surface area contributed by atoms with Crippen LogP contribution in [0.3, 0.4) is 0 Å². The summed E-state index contributed by atoms with van der Waals surface area (Å²) in [6, 6.07) is 1.69. The van der Waals surface area contributed by atoms with Crippen molar-refractivity contribution in [3.8, 4) is 6.07 Å². The van der Waals surface area contributed by atoms with E-state index in [9.17, 15) is 0 Å². The van der Waals surface area contributed by atoms with E-state index in [2.05, 4.69) is 6.58 Å². The van der Waals surface area contributed by atoms with Crippen LogP contribution in [0.2, 0.25) is 0 Å². The Balaban J connectivity index is -0.0000000450. The maximum Gasteiger partial charge on any atom is 0.0905 e. The molecule has 0 aliphatic carbocycles. The Kier molecular flexibility index (Phi) is 91.5. The molecule has 0 aromatic carbocycles. The third kappa shape index (κ3) is 304. The van der Waals surface area contributed by atoms with E-state index in [4.69, 9.17) is 5.26 Å². The van der Waals surface area contributed by atoms with Gasteiger partial charge in [0.15, 0.2) is 0 Å². The summed E-state index contributed by atoms with van der Waals surface area (Å²) < 4.78 is 0. The van der Waals surface area contributed by atoms with Gasteiger partial charge in [-0.15, -0.1) is 0 Å². The van der Waals surface area contributed by atoms with Crippen molar-refractivity contribution in [2.24, 2.45) is 0 Å². The van der Waals surface area contributed by atoms with E-state index in [1.165, 1.54) is 6.08 Å². The van der Waals surface area contributed by atoms with Gasteiger partial charge in [0, 0.05) is 6.08 Å². The van der Waals surface area contributed by atoms with E-state index >= 15 is 0 Å². The molecule has 6 heavy (non-hydrogen) atoms. The van der Waals surface area contributed by atoms with Crippen molar-refractivity contribution in [2.45, 2.75) is 14.9 Å². The average molecular weight is 85.2 g/mol. The van der Waals surface area contributed by atoms with Crippen molar-refractivity contribution in [1.29, 1.82) is 5.26 Å². The van der Waals surface area contributed by atoms with Crippen LogP contribution in [-0.2, 0) is 0 Å². The minimum Gasteiger partial charge on any atom is -0.193 e. The van der Waals surface area contributed by atoms with E-state index < -0.39 is 0 Å². The van der Waals surface area contributed by atoms with Crippen molar-refractivity contribution in [3.63, 3.8) is 0 Å². The molecule has 0 amide bonds. The van der Waals surface area contributed by atoms with Crippen LogP contribution in [0.25, 0.3) is 0 Å². The molecule has 0 aromatic heterocycles. The summed E-state index contributed by atoms with van der Waals surface area (Å²) in [6.07, 6.45) is 1.18. The van der Waals surface area contributed by atoms with Crippen molar-refractivity contribution in [2.75, 3.05) is 0 Å². The summed E-state index contributed by atoms with van der Waals surface area (Å²) in [7, 11) is 0. The topological polar surface area (TPSA) is 23.8 Å². The largest absolute Gasteiger partial charge is 0.193 e. The smallest absolute Gasteiger partial charge is 0.0905 e. The number of nitrogens with zero attached hydrogens (tertiary/aromatic N) is 1. The molecule has 1 heteroatoms. The van der Waals surface area contributed by atoms with Crippen LogP contribution in [0.4, 0.5) is 0 Å². The van der Waals surface area contributed by atoms with Crippen molar-refractivity contribution in [1.82, 2.24) is 0 Å². The second kappa shape index (κ2) is 29.2. The van der Waals surface area contributed by atoms with E-state index in [1.54, 1.807) is 6.07 Å². The van der Waals surface area contributed by atoms with Gasteiger partial charge in [0.25, 0.3) is 0 Å². The van der Waals surface area contributed by atoms with Crippen LogP contribution >= 0.6 is 0 Å². The van der Waals surface area contributed by atoms with Gasteiger partial charge in [0.2, 0.25) is 0 Å². The van der Waals surface area contributed by atoms with Gasteiger partial charge >= 0.3 is 0 Å². The second-order valence-electron chi connectivity index (χ2n) is 0.333. The van der Waals surface area contributed by atoms with Crippen LogP contribution < -0.4 is 0 Å². The molecule has 0 rings (SSSR count). The maximum absolute atomic E-state index is 7.51. The molecular weight excluding hydrogens is 74.1 g/mol. The first-order chi connectivity index (χ1) is 1.91. The molecule has 0 saturated carbocycles. The highest BCUT2D eigenvalue weighted by Gasteiger charge is 1.34. The lowest BCUT2D eigenvalue weighted by molar-refractivity contribution is 1.54. The van der Waals surface area contributed by atoms with E-state index in [0.717, 1.165) is 0 Å². The zero-order valence-electron chi connectivity index (χ0n) is 2.23. The number of nitriles is 1. The number of allylic oxidation sites excluding steroid dienone is 1. The molecule has 0 N–H and O–H groups in total. The molecule has 0 aliphatic heterocycles. The summed E-state index contributed by atoms with van der Waals surface area (Å²) in [5.74, 6) is 0. The summed E-state index contributed by atoms with van der Waals surface area (Å²) >= 11 is 0. The fourth-order valence-electron chi connectivity index (χ4n) is 0. The molecule has 1 nitrogen and oxygen atoms in total. The van der Waals surface area contributed by atoms with Crippen LogP contribution in [0, 0.1) is 11.3 Å². The third-order valence-electron chi connectivity index (χ3n) is 0.0913. The van der Waals surface area contributed by atoms with Crippen LogP contribution in [0.5, 0.6) is 0 Å². The highest BCUT2D eigenvalue weighted by Crippen LogP contribution is 1.41. The fourth-order valence-corrected chi connectivity index (χ4v) is 0. The summed E-state index contributed by atoms with van der Waals surface area (Å²) in [5, 5.41) is 7.51. The van der Waals surface area contributed by atoms with Crippen molar-refractivity contribution in [3.05, 3.63) is 12.7 Å². The molecule has 0 spiro atoms. The highest BCUT2D eigenvalue weighted by molar-refractivity contribution is 4.93. The quantitative estimate of drug-likeness (QED) is 0.412. The SMILES string of the molecule is C.C.C=CC#N. The van der Waals surface area contributed by atoms with E-state index in [0.29, 0.717) is 0 Å². The molecule has 0 heterocycles. The van der Waals surface area contributed by atoms with Crippen molar-refractivity contribution < 1.29 is 0 Å². The zero-order chi connectivity index (χ0) is 3.41. The molecule has 0 atom stereocenters. The van der Waals surface area contributed by atoms with E-state index in [1.807, 2.05) is 0 Å². The monoisotopic (exact) mass is 85.1 g/mol. The molecule has 36 valence electrons. The lowest BCUT2D eigenvalue weighted by atomic mass is 10.8. The average Bonchev–Trinajstić information content (AvgIpc) is 1.37. The van der Waals surface area contributed by atoms with Gasteiger partial charge in [-0.2, -0.15) is 5.26 Å². The van der Waals surface area contributed by atoms with Gasteiger partial charge in [-0.25, -0.2) is 0 Å². The normalized spacial score (nSPS) is 2.50. The Morgan fingerprint density at radius 3 is 1.67 bits per heavy atom. The van der Waals surface area contributed by atoms with Crippen LogP contribution in [-0.4, -0.2) is 0 Å². The first kappa shape index (κ1) is 18.8. The molecule has 0 saturated heterocycles. The predicted octanol–water partition coefficient (Wildman–Crippen LogP) is 1.97. The Morgan fingerprint density at radius 2 is 1.67 bits per heavy atom. The minimum atomic E-state index is 0. The second-order valence-corrected chi connectivity index (χ2v) is 0.333. The van der Waals surface area contributed by atoms with Gasteiger partial charge in [0.1, 0.15) is 0 Å². The number of rotatable bonds is 0. The molecule has 0 radical (unpaired) electrons. The van der Waals surface area contributed by atoms with E-state index in [-0.39, 0.29) is 14.9 Å². The Bertz CT molecular complexity index is 49.4. The van der Waals surface area contributed by atoms with Crippen LogP contribution in [0.15, 0.2) is 12.7 Å². The van der Waals surface area contributed by atoms with Gasteiger partial charge in [-0.3, -0.25) is 0 Å². The lowest BCUT2D eigenvalue weighted by Crippen LogP contribution is -1.23. The minimum absolute atomic E-state index is 0. The molecule has 0 unspecified atom stereocenters. The fraction of sp³-hybridized carbons (Fsp3) is 0.400. The molecule has 0 aliphatic rings. The van der Waals surface area contributed by atoms with Gasteiger partial charge in [-0.05, 0) is 0 Å². The summed E-state index contributed by atoms with van der Waals surface area (Å²) in [4.78, 5) is 0. The standard InChI is InChI=1S/C3H3N.2CH4/c1-2-3-4;;/h2H,1H2;2*1H4. The Labute approximate surface area is 39.9 Å². The van der Waals surface area contributed by atoms with Gasteiger partial charge in [0.05, 0.1) is 6.07 Å². The molecule has 0 aromatic rings. The molecule has 0 fully saturated rings. The van der Waals surface area contributed by atoms with Gasteiger partial charge < -0.3 is 0 Å². The Morgan fingerprint density at radius 1 is 1.50 bits per heavy atom. The van der Waals surface area contributed by atoms with Crippen LogP contribution in [0.1, 0.15) is 14.9 Å². The maximum atomic E-state index is 7.51. The molecular formula is C5H11N.